The number of nitrogens with zero attached hydrogens (tertiary/aromatic N) is 4. The Labute approximate surface area is 139 Å². The van der Waals surface area contributed by atoms with E-state index in [9.17, 15) is 23.3 Å². The summed E-state index contributed by atoms with van der Waals surface area (Å²) in [4.78, 5) is 24.5. The Morgan fingerprint density at radius 1 is 1.38 bits per heavy atom. The first-order chi connectivity index (χ1) is 11.1. The minimum absolute atomic E-state index is 0.0144. The molecule has 0 saturated carbocycles. The summed E-state index contributed by atoms with van der Waals surface area (Å²) >= 11 is 0. The fraction of sp³-hybridized carbons (Fsp3) is 0.429. The minimum Gasteiger partial charge on any atom is -0.361 e. The van der Waals surface area contributed by atoms with E-state index in [4.69, 9.17) is 5.53 Å². The maximum absolute atomic E-state index is 12.6. The molecule has 0 heterocycles. The second-order valence-electron chi connectivity index (χ2n) is 5.56. The number of carbonyl (C=O) groups is 1. The van der Waals surface area contributed by atoms with Gasteiger partial charge >= 0.3 is 6.21 Å². The lowest BCUT2D eigenvalue weighted by Crippen LogP contribution is -2.43. The van der Waals surface area contributed by atoms with Crippen LogP contribution in [-0.4, -0.2) is 47.5 Å². The fourth-order valence-corrected chi connectivity index (χ4v) is 3.44. The molecule has 0 aliphatic heterocycles. The van der Waals surface area contributed by atoms with Gasteiger partial charge in [0, 0.05) is 19.2 Å². The molecule has 1 aromatic carbocycles. The topological polar surface area (TPSA) is 134 Å². The van der Waals surface area contributed by atoms with Crippen LogP contribution < -0.4 is 0 Å². The van der Waals surface area contributed by atoms with Crippen molar-refractivity contribution in [1.82, 2.24) is 4.31 Å². The molecule has 9 nitrogen and oxygen atoms in total. The first kappa shape index (κ1) is 19.6. The van der Waals surface area contributed by atoms with Crippen LogP contribution in [0.4, 0.5) is 5.69 Å². The third-order valence-corrected chi connectivity index (χ3v) is 5.25. The van der Waals surface area contributed by atoms with Gasteiger partial charge in [-0.3, -0.25) is 14.9 Å². The highest BCUT2D eigenvalue weighted by Crippen LogP contribution is 2.22. The lowest BCUT2D eigenvalue weighted by Gasteiger charge is -2.25. The summed E-state index contributed by atoms with van der Waals surface area (Å²) in [5.41, 5.74) is 8.28. The molecule has 0 bridgehead atoms. The summed E-state index contributed by atoms with van der Waals surface area (Å²) in [5.74, 6) is -0.639. The third kappa shape index (κ3) is 4.54. The Hall–Kier alpha value is -2.42. The van der Waals surface area contributed by atoms with Crippen LogP contribution in [0.1, 0.15) is 20.3 Å². The van der Waals surface area contributed by atoms with Gasteiger partial charge in [-0.25, -0.2) is 8.42 Å². The van der Waals surface area contributed by atoms with Crippen molar-refractivity contribution in [1.29, 1.82) is 0 Å². The molecule has 10 heteroatoms. The van der Waals surface area contributed by atoms with Crippen molar-refractivity contribution in [2.45, 2.75) is 31.2 Å². The first-order valence-electron chi connectivity index (χ1n) is 7.05. The van der Waals surface area contributed by atoms with Crippen molar-refractivity contribution in [3.8, 4) is 0 Å². The summed E-state index contributed by atoms with van der Waals surface area (Å²) in [5, 5.41) is 10.6. The number of non-ortho nitro benzene ring substituents is 1. The van der Waals surface area contributed by atoms with Gasteiger partial charge in [0.15, 0.2) is 0 Å². The lowest BCUT2D eigenvalue weighted by atomic mass is 10.0. The van der Waals surface area contributed by atoms with Crippen LogP contribution in [0.3, 0.4) is 0 Å². The molecule has 0 aliphatic carbocycles. The molecule has 0 spiro atoms. The summed E-state index contributed by atoms with van der Waals surface area (Å²) in [6.07, 6.45) is 0.891. The van der Waals surface area contributed by atoms with Gasteiger partial charge in [-0.05, 0) is 24.5 Å². The molecule has 0 aliphatic rings. The Kier molecular flexibility index (Phi) is 6.47. The van der Waals surface area contributed by atoms with Crippen molar-refractivity contribution < 1.29 is 22.9 Å². The van der Waals surface area contributed by atoms with Crippen LogP contribution in [-0.2, 0) is 14.8 Å². The van der Waals surface area contributed by atoms with Crippen molar-refractivity contribution in [2.24, 2.45) is 5.92 Å². The maximum atomic E-state index is 12.6. The summed E-state index contributed by atoms with van der Waals surface area (Å²) in [7, 11) is -2.80. The average molecular weight is 354 g/mol. The van der Waals surface area contributed by atoms with E-state index in [-0.39, 0.29) is 22.9 Å². The van der Waals surface area contributed by atoms with Gasteiger partial charge in [-0.1, -0.05) is 13.8 Å². The zero-order chi connectivity index (χ0) is 18.5. The van der Waals surface area contributed by atoms with Gasteiger partial charge in [0.25, 0.3) is 11.5 Å². The van der Waals surface area contributed by atoms with E-state index in [0.29, 0.717) is 6.21 Å². The van der Waals surface area contributed by atoms with Crippen LogP contribution in [0.15, 0.2) is 29.2 Å². The molecule has 24 heavy (non-hydrogen) atoms. The molecule has 1 atom stereocenters. The van der Waals surface area contributed by atoms with Gasteiger partial charge in [0.1, 0.15) is 0 Å². The zero-order valence-electron chi connectivity index (χ0n) is 13.5. The number of nitro benzene ring substituents is 1. The number of Topliss-reactive ketones (excluding diaryl/α,β-unsaturated/α-hetero) is 1. The van der Waals surface area contributed by atoms with Crippen LogP contribution >= 0.6 is 0 Å². The monoisotopic (exact) mass is 354 g/mol. The second-order valence-corrected chi connectivity index (χ2v) is 7.56. The van der Waals surface area contributed by atoms with Crippen LogP contribution in [0.5, 0.6) is 0 Å². The van der Waals surface area contributed by atoms with Gasteiger partial charge in [0.2, 0.25) is 10.0 Å². The predicted octanol–water partition coefficient (Wildman–Crippen LogP) is 1.50. The smallest absolute Gasteiger partial charge is 0.324 e. The van der Waals surface area contributed by atoms with Gasteiger partial charge in [0.05, 0.1) is 15.9 Å². The summed E-state index contributed by atoms with van der Waals surface area (Å²) in [6.45, 7) is 3.64. The number of carbonyl (C=O) groups excluding carboxylic acids is 1. The van der Waals surface area contributed by atoms with Gasteiger partial charge in [-0.15, -0.1) is 0 Å². The maximum Gasteiger partial charge on any atom is 0.324 e. The Bertz CT molecular complexity index is 767. The quantitative estimate of drug-likeness (QED) is 0.229. The van der Waals surface area contributed by atoms with Crippen LogP contribution in [0.2, 0.25) is 0 Å². The normalized spacial score (nSPS) is 12.7. The predicted molar refractivity (Wildman–Crippen MR) is 86.0 cm³/mol. The Balaban J connectivity index is 3.23. The fourth-order valence-electron chi connectivity index (χ4n) is 2.11. The number of hydrogen-bond acceptors (Lipinski definition) is 5. The lowest BCUT2D eigenvalue weighted by molar-refractivity contribution is -0.384. The number of likely N-dealkylation sites (N-methyl/N-ethyl adjacent to an activating group) is 1. The van der Waals surface area contributed by atoms with E-state index in [1.807, 2.05) is 13.8 Å². The van der Waals surface area contributed by atoms with E-state index in [2.05, 4.69) is 4.79 Å². The highest BCUT2D eigenvalue weighted by atomic mass is 32.2. The Morgan fingerprint density at radius 2 is 1.92 bits per heavy atom. The van der Waals surface area contributed by atoms with E-state index >= 15 is 0 Å². The minimum atomic E-state index is -4.04. The molecule has 0 N–H and O–H groups in total. The molecular weight excluding hydrogens is 336 g/mol. The van der Waals surface area contributed by atoms with E-state index in [1.54, 1.807) is 0 Å². The van der Waals surface area contributed by atoms with E-state index in [1.165, 1.54) is 7.05 Å². The molecule has 1 rings (SSSR count). The standard InChI is InChI=1S/C14H18N4O5S/c1-10(2)8-13(14(19)9-16-15)17(3)24(22,23)12-6-4-11(5-7-12)18(20)21/h4-7,9-10,13H,8H2,1-3H3/t13-/m0/s1. The highest BCUT2D eigenvalue weighted by Gasteiger charge is 2.34. The molecule has 1 aromatic rings. The molecule has 0 amide bonds. The van der Waals surface area contributed by atoms with Crippen LogP contribution in [0, 0.1) is 16.0 Å². The number of nitro groups is 1. The number of rotatable bonds is 8. The number of ketones is 1. The molecular formula is C14H18N4O5S. The largest absolute Gasteiger partial charge is 0.361 e. The van der Waals surface area contributed by atoms with Crippen LogP contribution in [0.25, 0.3) is 5.53 Å². The summed E-state index contributed by atoms with van der Waals surface area (Å²) in [6, 6.07) is 3.34. The van der Waals surface area contributed by atoms with Gasteiger partial charge < -0.3 is 5.53 Å². The first-order valence-corrected chi connectivity index (χ1v) is 8.49. The number of sulfonamides is 1. The number of benzene rings is 1. The average Bonchev–Trinajstić information content (AvgIpc) is 2.52. The van der Waals surface area contributed by atoms with Crippen molar-refractivity contribution in [3.63, 3.8) is 0 Å². The SMILES string of the molecule is CC(C)C[C@@H](C(=O)C=[N+]=[N-])N(C)S(=O)(=O)c1ccc([N+](=O)[O-])cc1. The van der Waals surface area contributed by atoms with E-state index < -0.39 is 26.8 Å². The molecule has 130 valence electrons. The van der Waals surface area contributed by atoms with E-state index in [0.717, 1.165) is 28.6 Å². The molecule has 0 radical (unpaired) electrons. The van der Waals surface area contributed by atoms with Crippen molar-refractivity contribution in [3.05, 3.63) is 39.9 Å². The van der Waals surface area contributed by atoms with Gasteiger partial charge in [-0.2, -0.15) is 9.10 Å². The van der Waals surface area contributed by atoms with Crippen molar-refractivity contribution in [2.75, 3.05) is 7.05 Å². The molecule has 0 saturated heterocycles. The third-order valence-electron chi connectivity index (χ3n) is 3.37. The number of hydrogen-bond donors (Lipinski definition) is 0. The second kappa shape index (κ2) is 7.91. The zero-order valence-corrected chi connectivity index (χ0v) is 14.3. The highest BCUT2D eigenvalue weighted by molar-refractivity contribution is 7.89. The van der Waals surface area contributed by atoms with Crippen molar-refractivity contribution >= 4 is 27.7 Å². The Morgan fingerprint density at radius 3 is 2.33 bits per heavy atom. The molecule has 0 unspecified atom stereocenters. The molecule has 0 fully saturated rings. The molecule has 0 aromatic heterocycles. The summed E-state index contributed by atoms with van der Waals surface area (Å²) < 4.78 is 26.2.